The fourth-order valence-electron chi connectivity index (χ4n) is 1.67. The maximum absolute atomic E-state index is 13.0. The summed E-state index contributed by atoms with van der Waals surface area (Å²) in [5, 5.41) is 3.35. The summed E-state index contributed by atoms with van der Waals surface area (Å²) in [6.45, 7) is 3.37. The Morgan fingerprint density at radius 3 is 2.94 bits per heavy atom. The second-order valence-electron chi connectivity index (χ2n) is 3.90. The molecule has 1 amide bonds. The van der Waals surface area contributed by atoms with Gasteiger partial charge >= 0.3 is 0 Å². The van der Waals surface area contributed by atoms with Crippen LogP contribution in [0.25, 0.3) is 11.0 Å². The number of benzene rings is 1. The van der Waals surface area contributed by atoms with Crippen molar-refractivity contribution in [2.24, 2.45) is 0 Å². The average molecular weight is 245 g/mol. The van der Waals surface area contributed by atoms with Crippen molar-refractivity contribution in [3.8, 4) is 11.8 Å². The minimum atomic E-state index is -0.364. The molecule has 0 aliphatic rings. The van der Waals surface area contributed by atoms with Gasteiger partial charge in [0.05, 0.1) is 6.04 Å². The first kappa shape index (κ1) is 12.2. The van der Waals surface area contributed by atoms with E-state index in [1.54, 1.807) is 26.0 Å². The molecular weight excluding hydrogens is 233 g/mol. The Hall–Kier alpha value is -2.28. The number of hydrogen-bond donors (Lipinski definition) is 1. The molecule has 92 valence electrons. The van der Waals surface area contributed by atoms with Gasteiger partial charge in [0.15, 0.2) is 0 Å². The quantitative estimate of drug-likeness (QED) is 0.827. The van der Waals surface area contributed by atoms with Gasteiger partial charge in [-0.1, -0.05) is 5.92 Å². The van der Waals surface area contributed by atoms with E-state index in [0.717, 1.165) is 0 Å². The van der Waals surface area contributed by atoms with Crippen LogP contribution < -0.4 is 5.32 Å². The van der Waals surface area contributed by atoms with Crippen molar-refractivity contribution in [3.05, 3.63) is 35.8 Å². The van der Waals surface area contributed by atoms with Gasteiger partial charge in [0, 0.05) is 5.39 Å². The minimum absolute atomic E-state index is 0.311. The van der Waals surface area contributed by atoms with Crippen molar-refractivity contribution in [2.45, 2.75) is 19.9 Å². The fraction of sp³-hybridized carbons (Fsp3) is 0.214. The van der Waals surface area contributed by atoms with Gasteiger partial charge in [0.1, 0.15) is 17.2 Å². The van der Waals surface area contributed by atoms with E-state index in [2.05, 4.69) is 17.2 Å². The van der Waals surface area contributed by atoms with E-state index in [1.807, 2.05) is 0 Å². The molecule has 0 aliphatic carbocycles. The zero-order valence-corrected chi connectivity index (χ0v) is 10.1. The maximum Gasteiger partial charge on any atom is 0.296 e. The van der Waals surface area contributed by atoms with E-state index in [9.17, 15) is 9.18 Å². The molecule has 0 radical (unpaired) electrons. The van der Waals surface area contributed by atoms with Crippen LogP contribution in [0.2, 0.25) is 0 Å². The van der Waals surface area contributed by atoms with Crippen LogP contribution in [0.5, 0.6) is 0 Å². The van der Waals surface area contributed by atoms with Gasteiger partial charge in [0.25, 0.3) is 5.91 Å². The van der Waals surface area contributed by atoms with Gasteiger partial charge in [0.2, 0.25) is 0 Å². The number of fused-ring (bicyclic) bond motifs is 1. The van der Waals surface area contributed by atoms with Gasteiger partial charge < -0.3 is 9.73 Å². The Morgan fingerprint density at radius 1 is 1.44 bits per heavy atom. The summed E-state index contributed by atoms with van der Waals surface area (Å²) in [7, 11) is 0. The third kappa shape index (κ3) is 2.51. The van der Waals surface area contributed by atoms with Crippen molar-refractivity contribution in [2.75, 3.05) is 0 Å². The van der Waals surface area contributed by atoms with Gasteiger partial charge in [-0.3, -0.25) is 4.79 Å². The number of rotatable bonds is 2. The van der Waals surface area contributed by atoms with E-state index in [0.29, 0.717) is 16.7 Å². The lowest BCUT2D eigenvalue weighted by molar-refractivity contribution is -0.116. The third-order valence-electron chi connectivity index (χ3n) is 2.51. The molecule has 0 bridgehead atoms. The normalized spacial score (nSPS) is 11.7. The summed E-state index contributed by atoms with van der Waals surface area (Å²) >= 11 is 0. The van der Waals surface area contributed by atoms with Crippen LogP contribution in [0, 0.1) is 17.7 Å². The molecule has 1 atom stereocenters. The first-order valence-corrected chi connectivity index (χ1v) is 5.52. The van der Waals surface area contributed by atoms with Crippen LogP contribution in [-0.2, 0) is 4.79 Å². The molecule has 1 aromatic carbocycles. The first-order chi connectivity index (χ1) is 8.60. The lowest BCUT2D eigenvalue weighted by Gasteiger charge is -2.07. The van der Waals surface area contributed by atoms with Crippen molar-refractivity contribution in [1.29, 1.82) is 0 Å². The smallest absolute Gasteiger partial charge is 0.296 e. The van der Waals surface area contributed by atoms with E-state index in [1.165, 1.54) is 12.1 Å². The molecule has 3 nitrogen and oxygen atoms in total. The van der Waals surface area contributed by atoms with Crippen LogP contribution >= 0.6 is 0 Å². The first-order valence-electron chi connectivity index (χ1n) is 5.52. The molecule has 0 saturated carbocycles. The lowest BCUT2D eigenvalue weighted by atomic mass is 10.2. The molecule has 0 aliphatic heterocycles. The Morgan fingerprint density at radius 2 is 2.22 bits per heavy atom. The Labute approximate surface area is 104 Å². The van der Waals surface area contributed by atoms with Crippen LogP contribution in [0.3, 0.4) is 0 Å². The molecule has 1 N–H and O–H groups in total. The van der Waals surface area contributed by atoms with E-state index in [4.69, 9.17) is 4.42 Å². The fourth-order valence-corrected chi connectivity index (χ4v) is 1.67. The molecule has 1 heterocycles. The Balaban J connectivity index is 2.24. The zero-order chi connectivity index (χ0) is 13.1. The Bertz CT molecular complexity index is 649. The SMILES string of the molecule is CC#CC(=O)N[C@@H](C)c1cc2cc(F)ccc2o1. The van der Waals surface area contributed by atoms with Gasteiger partial charge in [-0.2, -0.15) is 0 Å². The summed E-state index contributed by atoms with van der Waals surface area (Å²) in [6.07, 6.45) is 0. The van der Waals surface area contributed by atoms with Crippen LogP contribution in [0.4, 0.5) is 4.39 Å². The van der Waals surface area contributed by atoms with Crippen molar-refractivity contribution in [1.82, 2.24) is 5.32 Å². The predicted molar refractivity (Wildman–Crippen MR) is 66.2 cm³/mol. The number of halogens is 1. The number of hydrogen-bond acceptors (Lipinski definition) is 2. The van der Waals surface area contributed by atoms with Crippen molar-refractivity contribution < 1.29 is 13.6 Å². The molecule has 2 aromatic rings. The Kier molecular flexibility index (Phi) is 3.33. The second-order valence-corrected chi connectivity index (χ2v) is 3.90. The molecule has 1 aromatic heterocycles. The van der Waals surface area contributed by atoms with E-state index in [-0.39, 0.29) is 17.8 Å². The van der Waals surface area contributed by atoms with Crippen LogP contribution in [0.15, 0.2) is 28.7 Å². The molecular formula is C14H12FNO2. The number of nitrogens with one attached hydrogen (secondary N) is 1. The van der Waals surface area contributed by atoms with Crippen molar-refractivity contribution in [3.63, 3.8) is 0 Å². The minimum Gasteiger partial charge on any atom is -0.459 e. The van der Waals surface area contributed by atoms with E-state index >= 15 is 0 Å². The number of furan rings is 1. The highest BCUT2D eigenvalue weighted by Crippen LogP contribution is 2.24. The number of amides is 1. The summed E-state index contributed by atoms with van der Waals surface area (Å²) < 4.78 is 18.6. The topological polar surface area (TPSA) is 42.2 Å². The van der Waals surface area contributed by atoms with E-state index < -0.39 is 0 Å². The number of carbonyl (C=O) groups is 1. The van der Waals surface area contributed by atoms with Gasteiger partial charge in [-0.05, 0) is 44.0 Å². The summed E-state index contributed by atoms with van der Waals surface area (Å²) in [4.78, 5) is 11.3. The summed E-state index contributed by atoms with van der Waals surface area (Å²) in [5.41, 5.74) is 0.592. The molecule has 0 saturated heterocycles. The van der Waals surface area contributed by atoms with Gasteiger partial charge in [-0.15, -0.1) is 0 Å². The monoisotopic (exact) mass is 245 g/mol. The van der Waals surface area contributed by atoms with Gasteiger partial charge in [-0.25, -0.2) is 4.39 Å². The highest BCUT2D eigenvalue weighted by atomic mass is 19.1. The maximum atomic E-state index is 13.0. The van der Waals surface area contributed by atoms with Crippen molar-refractivity contribution >= 4 is 16.9 Å². The summed E-state index contributed by atoms with van der Waals surface area (Å²) in [5.74, 6) is 4.79. The molecule has 0 unspecified atom stereocenters. The zero-order valence-electron chi connectivity index (χ0n) is 10.1. The average Bonchev–Trinajstić information content (AvgIpc) is 2.72. The predicted octanol–water partition coefficient (Wildman–Crippen LogP) is 2.77. The van der Waals surface area contributed by atoms with Crippen LogP contribution in [0.1, 0.15) is 25.6 Å². The highest BCUT2D eigenvalue weighted by molar-refractivity contribution is 5.93. The molecule has 0 fully saturated rings. The molecule has 2 rings (SSSR count). The number of carbonyl (C=O) groups excluding carboxylic acids is 1. The van der Waals surface area contributed by atoms with Crippen LogP contribution in [-0.4, -0.2) is 5.91 Å². The molecule has 0 spiro atoms. The molecule has 18 heavy (non-hydrogen) atoms. The summed E-state index contributed by atoms with van der Waals surface area (Å²) in [6, 6.07) is 5.69. The largest absolute Gasteiger partial charge is 0.459 e. The second kappa shape index (κ2) is 4.92. The molecule has 4 heteroatoms. The highest BCUT2D eigenvalue weighted by Gasteiger charge is 2.13. The lowest BCUT2D eigenvalue weighted by Crippen LogP contribution is -2.24. The third-order valence-corrected chi connectivity index (χ3v) is 2.51. The standard InChI is InChI=1S/C14H12FNO2/c1-3-4-14(17)16-9(2)13-8-10-7-11(15)5-6-12(10)18-13/h5-9H,1-2H3,(H,16,17)/t9-/m0/s1.